The van der Waals surface area contributed by atoms with Gasteiger partial charge in [-0.3, -0.25) is 49.7 Å². The summed E-state index contributed by atoms with van der Waals surface area (Å²) in [6, 6.07) is 37.4. The lowest BCUT2D eigenvalue weighted by atomic mass is 9.40. The summed E-state index contributed by atoms with van der Waals surface area (Å²) < 4.78 is 16.0. The van der Waals surface area contributed by atoms with Gasteiger partial charge in [0.15, 0.2) is 26.7 Å². The number of benzene rings is 4. The molecule has 10 rings (SSSR count). The molecule has 22 nitrogen and oxygen atoms in total. The molecule has 2 atom stereocenters. The van der Waals surface area contributed by atoms with Crippen LogP contribution in [0.25, 0.3) is 22.3 Å². The third-order valence-electron chi connectivity index (χ3n) is 15.3. The molecule has 6 heterocycles. The molecule has 4 aromatic carbocycles. The first-order valence-electron chi connectivity index (χ1n) is 33.0. The van der Waals surface area contributed by atoms with Crippen LogP contribution in [-0.4, -0.2) is 150 Å². The van der Waals surface area contributed by atoms with Gasteiger partial charge in [0.1, 0.15) is 25.2 Å². The van der Waals surface area contributed by atoms with Crippen LogP contribution in [0.4, 0.5) is 0 Å². The lowest BCUT2D eigenvalue weighted by molar-refractivity contribution is -0.125. The quantitative estimate of drug-likeness (QED) is 0.00888. The van der Waals surface area contributed by atoms with Crippen LogP contribution in [-0.2, 0) is 47.9 Å². The maximum atomic E-state index is 12.0. The van der Waals surface area contributed by atoms with E-state index in [0.29, 0.717) is 29.5 Å². The van der Waals surface area contributed by atoms with Crippen molar-refractivity contribution < 1.29 is 9.59 Å². The van der Waals surface area contributed by atoms with Gasteiger partial charge in [-0.05, 0) is 237 Å². The first kappa shape index (κ1) is 97.3. The number of nitrogens with one attached hydrogen (secondary N) is 5. The fourth-order valence-corrected chi connectivity index (χ4v) is 12.6. The number of aromatic amines is 1. The number of hydrazine groups is 2. The van der Waals surface area contributed by atoms with Crippen molar-refractivity contribution in [1.82, 2.24) is 90.2 Å². The number of hydrogen-bond acceptors (Lipinski definition) is 15. The van der Waals surface area contributed by atoms with E-state index in [0.717, 1.165) is 119 Å². The summed E-state index contributed by atoms with van der Waals surface area (Å²) in [7, 11) is 18.0. The zero-order valence-electron chi connectivity index (χ0n) is 62.0. The van der Waals surface area contributed by atoms with Crippen molar-refractivity contribution in [2.45, 2.75) is 167 Å². The maximum Gasteiger partial charge on any atom is 0.262 e. The zero-order chi connectivity index (χ0) is 77.8. The average Bonchev–Trinajstić information content (AvgIpc) is 1.65. The number of rotatable bonds is 18. The van der Waals surface area contributed by atoms with Crippen molar-refractivity contribution in [2.75, 3.05) is 13.1 Å². The first-order chi connectivity index (χ1) is 49.7. The second kappa shape index (κ2) is 51.6. The summed E-state index contributed by atoms with van der Waals surface area (Å²) in [5.41, 5.74) is 22.9. The second-order valence-electron chi connectivity index (χ2n) is 22.3. The number of amides is 2. The number of aromatic nitrogens is 14. The van der Waals surface area contributed by atoms with Gasteiger partial charge in [0.05, 0.1) is 68.6 Å². The van der Waals surface area contributed by atoms with Gasteiger partial charge in [-0.25, -0.2) is 10.8 Å². The molecule has 0 fully saturated rings. The summed E-state index contributed by atoms with van der Waals surface area (Å²) in [6.07, 6.45) is 1.09. The molecule has 0 aliphatic rings. The SMILES string of the molecule is C.CCN=C=S.CCNC(=S)NNC(=O)C(C)n1nc(C)c(Br)c1C.CCc1ccccc1-c1ccccc1.CCn1c(Cn2nc(C)c(Br)c2C)n[nH]c1=S.CCn1c(Cn2nc(C)c(Br)c2C)nnc1SCc1ccccc1-c1ccccc1.Cc1nn(C(C)C(=O)NN)c(C)c1Br.[B].[B][B].[B][B][B]. The van der Waals surface area contributed by atoms with Gasteiger partial charge >= 0.3 is 0 Å². The molecule has 106 heavy (non-hydrogen) atoms. The number of halogens is 4. The number of thioether (sulfide) groups is 1. The number of aryl methyl sites for hydroxylation is 5. The van der Waals surface area contributed by atoms with Gasteiger partial charge in [0.25, 0.3) is 11.8 Å². The molecule has 0 bridgehead atoms. The maximum absolute atomic E-state index is 12.0. The Labute approximate surface area is 687 Å². The van der Waals surface area contributed by atoms with Gasteiger partial charge < -0.3 is 14.5 Å². The third kappa shape index (κ3) is 29.0. The highest BCUT2D eigenvalue weighted by atomic mass is 79.9. The second-order valence-corrected chi connectivity index (χ2v) is 27.3. The first-order valence-corrected chi connectivity index (χ1v) is 38.4. The molecule has 0 aliphatic carbocycles. The summed E-state index contributed by atoms with van der Waals surface area (Å²) in [6.45, 7) is 33.7. The smallest absolute Gasteiger partial charge is 0.262 e. The van der Waals surface area contributed by atoms with Crippen LogP contribution in [0.2, 0.25) is 0 Å². The van der Waals surface area contributed by atoms with E-state index in [1.807, 2.05) is 89.2 Å². The molecule has 0 saturated carbocycles. The number of aliphatic imine (C=N–C) groups is 1. The van der Waals surface area contributed by atoms with E-state index < -0.39 is 12.1 Å². The minimum atomic E-state index is -0.429. The van der Waals surface area contributed by atoms with E-state index in [-0.39, 0.29) is 27.7 Å². The summed E-state index contributed by atoms with van der Waals surface area (Å²) in [4.78, 5) is 26.8. The van der Waals surface area contributed by atoms with Crippen LogP contribution in [0.15, 0.2) is 137 Å². The Morgan fingerprint density at radius 2 is 1.04 bits per heavy atom. The van der Waals surface area contributed by atoms with Crippen molar-refractivity contribution >= 4 is 181 Å². The van der Waals surface area contributed by atoms with Crippen molar-refractivity contribution in [1.29, 1.82) is 0 Å². The molecular formula is C70H92B6Br4N20O2S4. The minimum absolute atomic E-state index is 0. The highest BCUT2D eigenvalue weighted by molar-refractivity contribution is 9.11. The molecule has 554 valence electrons. The van der Waals surface area contributed by atoms with E-state index in [4.69, 9.17) is 30.3 Å². The van der Waals surface area contributed by atoms with Crippen molar-refractivity contribution in [3.63, 3.8) is 0 Å². The number of isothiocyanates is 1. The van der Waals surface area contributed by atoms with E-state index in [9.17, 15) is 9.59 Å². The molecule has 0 aliphatic heterocycles. The third-order valence-corrected chi connectivity index (χ3v) is 21.6. The van der Waals surface area contributed by atoms with E-state index in [1.165, 1.54) is 33.4 Å². The predicted octanol–water partition coefficient (Wildman–Crippen LogP) is 14.0. The van der Waals surface area contributed by atoms with Crippen LogP contribution in [0.5, 0.6) is 0 Å². The molecule has 0 spiro atoms. The molecule has 0 saturated heterocycles. The molecule has 2 amide bonds. The van der Waals surface area contributed by atoms with Crippen molar-refractivity contribution in [3.8, 4) is 22.3 Å². The lowest BCUT2D eigenvalue weighted by Gasteiger charge is -2.16. The van der Waals surface area contributed by atoms with E-state index in [2.05, 4.69) is 308 Å². The normalized spacial score (nSPS) is 10.5. The Morgan fingerprint density at radius 3 is 1.42 bits per heavy atom. The Morgan fingerprint density at radius 1 is 0.623 bits per heavy atom. The lowest BCUT2D eigenvalue weighted by Crippen LogP contribution is -2.48. The number of carbonyl (C=O) groups is 2. The standard InChI is InChI=1S/C23H24BrN5S.C14H14.C11H18BrN5OS.C10H14BrN5S.C8H13BrN4O.C3H5NS.CH4.B3.B2.B/c1-4-28-21(14-29-17(3)22(24)16(2)27-29)25-26-23(28)30-15-19-12-8-9-13-20(19)18-10-6-5-7-11-18;1-2-12-8-6-7-11-14(12)13-9-4-3-5-10-13;1-5-13-11(19)15-14-10(18)8(4)17-7(3)9(12)6(2)16-17;1-4-15-8(12-13-10(15)17)5-16-7(3)9(11)6(2)14-16;1-4-7(9)5(2)13(12-4)6(3)8(14)11-10;1-2-4-3-5;;1-3-2;1-2;/h5-13H,4,14-15H2,1-3H3;3-11H,2H2,1H3;8H,5H2,1-4H3,(H,14,18)(H2,13,15,19);4-5H2,1-3H3,(H,13,17);6H,10H2,1-3H3,(H,11,14);2H2,1H3;1H4;;;. The Hall–Kier alpha value is -6.73. The van der Waals surface area contributed by atoms with Crippen LogP contribution in [0.3, 0.4) is 0 Å². The number of thiocarbonyl (C=S) groups is 2. The highest BCUT2D eigenvalue weighted by Gasteiger charge is 2.22. The number of carbonyl (C=O) groups excluding carboxylic acids is 2. The van der Waals surface area contributed by atoms with E-state index >= 15 is 0 Å². The van der Waals surface area contributed by atoms with Gasteiger partial charge in [-0.2, -0.15) is 25.5 Å². The van der Waals surface area contributed by atoms with Crippen LogP contribution >= 0.6 is 112 Å². The van der Waals surface area contributed by atoms with Crippen molar-refractivity contribution in [2.24, 2.45) is 10.8 Å². The Bertz CT molecular complexity index is 4410. The summed E-state index contributed by atoms with van der Waals surface area (Å²) >= 11 is 30.0. The van der Waals surface area contributed by atoms with Crippen LogP contribution < -0.4 is 27.4 Å². The van der Waals surface area contributed by atoms with E-state index in [1.54, 1.807) is 35.0 Å². The molecule has 10 aromatic rings. The minimum Gasteiger partial charge on any atom is -0.362 e. The predicted molar refractivity (Wildman–Crippen MR) is 463 cm³/mol. The topological polar surface area (TPSA) is 256 Å². The number of hydrogen-bond donors (Lipinski definition) is 6. The van der Waals surface area contributed by atoms with Gasteiger partial charge in [-0.1, -0.05) is 135 Å². The Balaban J connectivity index is 0.000000657. The molecule has 12 radical (unpaired) electrons. The molecule has 36 heteroatoms. The molecule has 6 aromatic heterocycles. The fourth-order valence-electron chi connectivity index (χ4n) is 9.87. The summed E-state index contributed by atoms with van der Waals surface area (Å²) in [5, 5.41) is 40.1. The van der Waals surface area contributed by atoms with Gasteiger partial charge in [0.2, 0.25) is 0 Å². The summed E-state index contributed by atoms with van der Waals surface area (Å²) in [5.74, 6) is 7.25. The monoisotopic (exact) mass is 1750 g/mol. The van der Waals surface area contributed by atoms with Crippen LogP contribution in [0, 0.1) is 60.2 Å². The largest absolute Gasteiger partial charge is 0.362 e. The average molecular weight is 1760 g/mol. The fraction of sp³-hybridized carbons (Fsp3) is 0.371. The zero-order valence-corrected chi connectivity index (χ0v) is 71.6. The van der Waals surface area contributed by atoms with Gasteiger partial charge in [-0.15, -0.1) is 10.2 Å². The molecule has 2 unspecified atom stereocenters. The Kier molecular flexibility index (Phi) is 47.3. The number of H-pyrrole nitrogens is 1. The number of nitrogens with zero attached hydrogens (tertiary/aromatic N) is 14. The highest BCUT2D eigenvalue weighted by Crippen LogP contribution is 2.31. The number of nitrogens with two attached hydrogens (primary N) is 1. The molecule has 7 N–H and O–H groups in total. The van der Waals surface area contributed by atoms with Gasteiger partial charge in [0, 0.05) is 78.4 Å². The van der Waals surface area contributed by atoms with Crippen LogP contribution in [0.1, 0.15) is 136 Å². The molecular weight excluding hydrogens is 1670 g/mol. The van der Waals surface area contributed by atoms with Crippen molar-refractivity contribution in [3.05, 3.63) is 200 Å².